The Balaban J connectivity index is 1.96. The number of pyridine rings is 1. The number of nitro groups is 1. The van der Waals surface area contributed by atoms with Gasteiger partial charge in [0.25, 0.3) is 11.6 Å². The standard InChI is InChI=1S/C16H10FN3O3/c17-11-4-5-14-13(9-11)15(6-7-18-14)19-16(21)10-2-1-3-12(8-10)20(22)23/h1-9H,(H,18,19,21). The minimum atomic E-state index is -0.575. The van der Waals surface area contributed by atoms with Crippen LogP contribution in [-0.4, -0.2) is 15.8 Å². The third kappa shape index (κ3) is 2.98. The SMILES string of the molecule is O=C(Nc1ccnc2ccc(F)cc12)c1cccc([N+](=O)[O-])c1. The second kappa shape index (κ2) is 5.80. The van der Waals surface area contributed by atoms with Gasteiger partial charge in [-0.2, -0.15) is 0 Å². The first kappa shape index (κ1) is 14.6. The number of aromatic nitrogens is 1. The van der Waals surface area contributed by atoms with Gasteiger partial charge in [-0.1, -0.05) is 6.07 Å². The van der Waals surface area contributed by atoms with Gasteiger partial charge in [0.2, 0.25) is 0 Å². The van der Waals surface area contributed by atoms with Crippen molar-refractivity contribution < 1.29 is 14.1 Å². The lowest BCUT2D eigenvalue weighted by Crippen LogP contribution is -2.12. The summed E-state index contributed by atoms with van der Waals surface area (Å²) in [6.07, 6.45) is 1.49. The topological polar surface area (TPSA) is 85.1 Å². The van der Waals surface area contributed by atoms with Crippen LogP contribution in [0.2, 0.25) is 0 Å². The number of non-ortho nitro benzene ring substituents is 1. The molecule has 3 rings (SSSR count). The predicted octanol–water partition coefficient (Wildman–Crippen LogP) is 3.53. The number of hydrogen-bond acceptors (Lipinski definition) is 4. The van der Waals surface area contributed by atoms with Crippen LogP contribution in [0.5, 0.6) is 0 Å². The lowest BCUT2D eigenvalue weighted by molar-refractivity contribution is -0.384. The Morgan fingerprint density at radius 1 is 1.17 bits per heavy atom. The molecule has 6 nitrogen and oxygen atoms in total. The van der Waals surface area contributed by atoms with Gasteiger partial charge >= 0.3 is 0 Å². The normalized spacial score (nSPS) is 10.5. The Kier molecular flexibility index (Phi) is 3.68. The monoisotopic (exact) mass is 311 g/mol. The molecule has 1 amide bonds. The van der Waals surface area contributed by atoms with Crippen LogP contribution >= 0.6 is 0 Å². The fourth-order valence-corrected chi connectivity index (χ4v) is 2.18. The van der Waals surface area contributed by atoms with Crippen LogP contribution in [0.1, 0.15) is 10.4 Å². The Morgan fingerprint density at radius 2 is 2.00 bits per heavy atom. The maximum absolute atomic E-state index is 13.4. The summed E-state index contributed by atoms with van der Waals surface area (Å²) >= 11 is 0. The smallest absolute Gasteiger partial charge is 0.270 e. The van der Waals surface area contributed by atoms with Crippen molar-refractivity contribution in [3.63, 3.8) is 0 Å². The van der Waals surface area contributed by atoms with Crippen molar-refractivity contribution in [2.24, 2.45) is 0 Å². The van der Waals surface area contributed by atoms with Gasteiger partial charge in [0.1, 0.15) is 5.82 Å². The summed E-state index contributed by atoms with van der Waals surface area (Å²) in [5.41, 5.74) is 0.873. The number of hydrogen-bond donors (Lipinski definition) is 1. The zero-order valence-electron chi connectivity index (χ0n) is 11.7. The molecule has 0 spiro atoms. The molecule has 0 aliphatic rings. The minimum absolute atomic E-state index is 0.139. The summed E-state index contributed by atoms with van der Waals surface area (Å²) in [5, 5.41) is 13.8. The maximum Gasteiger partial charge on any atom is 0.270 e. The molecule has 0 unspecified atom stereocenters. The van der Waals surface area contributed by atoms with E-state index in [1.165, 1.54) is 54.7 Å². The second-order valence-corrected chi connectivity index (χ2v) is 4.78. The number of carbonyl (C=O) groups excluding carboxylic acids is 1. The summed E-state index contributed by atoms with van der Waals surface area (Å²) in [6.45, 7) is 0. The molecule has 0 atom stereocenters. The van der Waals surface area contributed by atoms with Crippen molar-refractivity contribution in [1.82, 2.24) is 4.98 Å². The molecule has 1 aromatic heterocycles. The molecule has 7 heteroatoms. The van der Waals surface area contributed by atoms with E-state index in [4.69, 9.17) is 0 Å². The van der Waals surface area contributed by atoms with Gasteiger partial charge in [0.15, 0.2) is 0 Å². The average Bonchev–Trinajstić information content (AvgIpc) is 2.55. The van der Waals surface area contributed by atoms with Gasteiger partial charge in [0.05, 0.1) is 16.1 Å². The highest BCUT2D eigenvalue weighted by molar-refractivity contribution is 6.08. The van der Waals surface area contributed by atoms with Crippen molar-refractivity contribution in [3.8, 4) is 0 Å². The van der Waals surface area contributed by atoms with Crippen LogP contribution in [0.4, 0.5) is 15.8 Å². The van der Waals surface area contributed by atoms with Crippen LogP contribution in [0.15, 0.2) is 54.7 Å². The Bertz CT molecular complexity index is 927. The molecular weight excluding hydrogens is 301 g/mol. The Labute approximate surface area is 129 Å². The number of rotatable bonds is 3. The molecule has 1 heterocycles. The summed E-state index contributed by atoms with van der Waals surface area (Å²) in [6, 6.07) is 11.0. The molecule has 0 radical (unpaired) electrons. The maximum atomic E-state index is 13.4. The average molecular weight is 311 g/mol. The molecule has 2 aromatic carbocycles. The number of nitrogens with one attached hydrogen (secondary N) is 1. The van der Waals surface area contributed by atoms with Gasteiger partial charge in [-0.25, -0.2) is 4.39 Å². The number of anilines is 1. The van der Waals surface area contributed by atoms with E-state index in [1.54, 1.807) is 0 Å². The number of benzene rings is 2. The first-order valence-electron chi connectivity index (χ1n) is 6.65. The van der Waals surface area contributed by atoms with Crippen LogP contribution in [0, 0.1) is 15.9 Å². The van der Waals surface area contributed by atoms with E-state index in [0.29, 0.717) is 16.6 Å². The lowest BCUT2D eigenvalue weighted by atomic mass is 10.1. The van der Waals surface area contributed by atoms with Gasteiger partial charge < -0.3 is 5.32 Å². The summed E-state index contributed by atoms with van der Waals surface area (Å²) in [4.78, 5) is 26.6. The largest absolute Gasteiger partial charge is 0.321 e. The van der Waals surface area contributed by atoms with Crippen molar-refractivity contribution >= 4 is 28.2 Å². The van der Waals surface area contributed by atoms with E-state index < -0.39 is 16.6 Å². The fraction of sp³-hybridized carbons (Fsp3) is 0. The zero-order valence-corrected chi connectivity index (χ0v) is 11.7. The quantitative estimate of drug-likeness (QED) is 0.592. The molecule has 3 aromatic rings. The third-order valence-corrected chi connectivity index (χ3v) is 3.27. The van der Waals surface area contributed by atoms with Crippen molar-refractivity contribution in [2.45, 2.75) is 0 Å². The first-order chi connectivity index (χ1) is 11.0. The van der Waals surface area contributed by atoms with Crippen LogP contribution < -0.4 is 5.32 Å². The number of amides is 1. The van der Waals surface area contributed by atoms with E-state index in [1.807, 2.05) is 0 Å². The van der Waals surface area contributed by atoms with Gasteiger partial charge in [-0.3, -0.25) is 19.9 Å². The molecule has 114 valence electrons. The van der Waals surface area contributed by atoms with E-state index in [9.17, 15) is 19.3 Å². The highest BCUT2D eigenvalue weighted by Crippen LogP contribution is 2.23. The van der Waals surface area contributed by atoms with Crippen molar-refractivity contribution in [1.29, 1.82) is 0 Å². The van der Waals surface area contributed by atoms with E-state index in [2.05, 4.69) is 10.3 Å². The molecule has 0 aliphatic carbocycles. The first-order valence-corrected chi connectivity index (χ1v) is 6.65. The highest BCUT2D eigenvalue weighted by atomic mass is 19.1. The van der Waals surface area contributed by atoms with Crippen LogP contribution in [-0.2, 0) is 0 Å². The molecule has 0 saturated heterocycles. The molecule has 23 heavy (non-hydrogen) atoms. The van der Waals surface area contributed by atoms with Crippen LogP contribution in [0.25, 0.3) is 10.9 Å². The molecule has 0 fully saturated rings. The minimum Gasteiger partial charge on any atom is -0.321 e. The third-order valence-electron chi connectivity index (χ3n) is 3.27. The van der Waals surface area contributed by atoms with Gasteiger partial charge in [0, 0.05) is 29.3 Å². The molecular formula is C16H10FN3O3. The lowest BCUT2D eigenvalue weighted by Gasteiger charge is -2.08. The van der Waals surface area contributed by atoms with Crippen molar-refractivity contribution in [2.75, 3.05) is 5.32 Å². The van der Waals surface area contributed by atoms with Gasteiger partial charge in [-0.05, 0) is 30.3 Å². The van der Waals surface area contributed by atoms with Gasteiger partial charge in [-0.15, -0.1) is 0 Å². The van der Waals surface area contributed by atoms with E-state index in [0.717, 1.165) is 0 Å². The van der Waals surface area contributed by atoms with Crippen molar-refractivity contribution in [3.05, 3.63) is 76.2 Å². The number of carbonyl (C=O) groups is 1. The van der Waals surface area contributed by atoms with E-state index in [-0.39, 0.29) is 11.3 Å². The fourth-order valence-electron chi connectivity index (χ4n) is 2.18. The summed E-state index contributed by atoms with van der Waals surface area (Å²) < 4.78 is 13.4. The number of nitrogens with zero attached hydrogens (tertiary/aromatic N) is 2. The predicted molar refractivity (Wildman–Crippen MR) is 82.8 cm³/mol. The number of fused-ring (bicyclic) bond motifs is 1. The summed E-state index contributed by atoms with van der Waals surface area (Å²) in [7, 11) is 0. The molecule has 0 aliphatic heterocycles. The zero-order chi connectivity index (χ0) is 16.4. The molecule has 0 saturated carbocycles. The van der Waals surface area contributed by atoms with Crippen LogP contribution in [0.3, 0.4) is 0 Å². The van der Waals surface area contributed by atoms with E-state index >= 15 is 0 Å². The number of nitro benzene ring substituents is 1. The Morgan fingerprint density at radius 3 is 2.78 bits per heavy atom. The highest BCUT2D eigenvalue weighted by Gasteiger charge is 2.13. The molecule has 0 bridgehead atoms. The molecule has 1 N–H and O–H groups in total. The second-order valence-electron chi connectivity index (χ2n) is 4.78. The summed E-state index contributed by atoms with van der Waals surface area (Å²) in [5.74, 6) is -0.971. The number of halogens is 1. The Hall–Kier alpha value is -3.35.